The van der Waals surface area contributed by atoms with Crippen LogP contribution >= 0.6 is 0 Å². The number of nitrogens with one attached hydrogen (secondary N) is 1. The number of amides is 1. The van der Waals surface area contributed by atoms with Crippen LogP contribution in [0.2, 0.25) is 0 Å². The summed E-state index contributed by atoms with van der Waals surface area (Å²) in [7, 11) is 0. The number of cyclic esters (lactones) is 1. The lowest BCUT2D eigenvalue weighted by Crippen LogP contribution is -2.58. The monoisotopic (exact) mass is 381 g/mol. The van der Waals surface area contributed by atoms with E-state index in [4.69, 9.17) is 4.74 Å². The Balaban J connectivity index is 2.85. The molecule has 1 rings (SSSR count). The van der Waals surface area contributed by atoms with Crippen LogP contribution in [0.5, 0.6) is 0 Å². The summed E-state index contributed by atoms with van der Waals surface area (Å²) in [5.41, 5.74) is -3.42. The SMILES string of the molecule is CC(C)(C)OC(=O)NCC[C@]1(C)OC(C(F)(F)F)(C(F)(F)F)OC1=O. The van der Waals surface area contributed by atoms with Gasteiger partial charge in [-0.25, -0.2) is 9.59 Å². The van der Waals surface area contributed by atoms with Crippen LogP contribution in [-0.4, -0.2) is 47.9 Å². The highest BCUT2D eigenvalue weighted by atomic mass is 19.4. The second-order valence-corrected chi connectivity index (χ2v) is 6.51. The highest BCUT2D eigenvalue weighted by Gasteiger charge is 2.82. The van der Waals surface area contributed by atoms with Gasteiger partial charge in [0.05, 0.1) is 0 Å². The number of hydrogen-bond donors (Lipinski definition) is 1. The van der Waals surface area contributed by atoms with Gasteiger partial charge in [-0.1, -0.05) is 0 Å². The highest BCUT2D eigenvalue weighted by molar-refractivity contribution is 5.81. The van der Waals surface area contributed by atoms with Gasteiger partial charge in [0.15, 0.2) is 5.60 Å². The van der Waals surface area contributed by atoms with Gasteiger partial charge in [-0.2, -0.15) is 26.3 Å². The Morgan fingerprint density at radius 1 is 1.12 bits per heavy atom. The molecule has 0 saturated carbocycles. The molecule has 0 aromatic carbocycles. The third-order valence-electron chi connectivity index (χ3n) is 3.05. The van der Waals surface area contributed by atoms with Crippen LogP contribution in [0.4, 0.5) is 31.1 Å². The van der Waals surface area contributed by atoms with Crippen molar-refractivity contribution in [2.75, 3.05) is 6.54 Å². The maximum atomic E-state index is 12.9. The molecule has 6 nitrogen and oxygen atoms in total. The molecule has 0 aromatic rings. The van der Waals surface area contributed by atoms with Crippen molar-refractivity contribution in [3.05, 3.63) is 0 Å². The maximum Gasteiger partial charge on any atom is 0.465 e. The summed E-state index contributed by atoms with van der Waals surface area (Å²) in [6.07, 6.45) is -13.7. The standard InChI is InChI=1S/C13H17F6NO5/c1-9(2,3)24-8(22)20-6-5-10(4)7(21)23-11(25-10,12(14,15)16)13(17,18)19/h5-6H2,1-4H3,(H,20,22)/t10-/m0/s1. The van der Waals surface area contributed by atoms with Gasteiger partial charge in [0.25, 0.3) is 0 Å². The predicted molar refractivity (Wildman–Crippen MR) is 69.3 cm³/mol. The molecule has 0 unspecified atom stereocenters. The third-order valence-corrected chi connectivity index (χ3v) is 3.05. The van der Waals surface area contributed by atoms with Crippen LogP contribution < -0.4 is 5.32 Å². The Morgan fingerprint density at radius 3 is 1.96 bits per heavy atom. The average molecular weight is 381 g/mol. The van der Waals surface area contributed by atoms with Gasteiger partial charge < -0.3 is 19.5 Å². The summed E-state index contributed by atoms with van der Waals surface area (Å²) >= 11 is 0. The zero-order chi connectivity index (χ0) is 19.9. The van der Waals surface area contributed by atoms with Crippen LogP contribution in [0.15, 0.2) is 0 Å². The van der Waals surface area contributed by atoms with Gasteiger partial charge in [0.1, 0.15) is 5.60 Å². The van der Waals surface area contributed by atoms with E-state index in [1.54, 1.807) is 20.8 Å². The molecule has 1 fully saturated rings. The summed E-state index contributed by atoms with van der Waals surface area (Å²) < 4.78 is 89.6. The molecule has 0 bridgehead atoms. The van der Waals surface area contributed by atoms with E-state index in [1.807, 2.05) is 0 Å². The second kappa shape index (κ2) is 6.22. The van der Waals surface area contributed by atoms with Crippen molar-refractivity contribution in [1.82, 2.24) is 5.32 Å². The topological polar surface area (TPSA) is 73.9 Å². The van der Waals surface area contributed by atoms with Gasteiger partial charge in [-0.05, 0) is 27.7 Å². The minimum atomic E-state index is -6.03. The zero-order valence-electron chi connectivity index (χ0n) is 13.7. The summed E-state index contributed by atoms with van der Waals surface area (Å²) in [5, 5.41) is 2.11. The van der Waals surface area contributed by atoms with Crippen LogP contribution in [0.1, 0.15) is 34.1 Å². The first-order chi connectivity index (χ1) is 10.9. The number of ether oxygens (including phenoxy) is 3. The van der Waals surface area contributed by atoms with E-state index < -0.39 is 54.4 Å². The first-order valence-corrected chi connectivity index (χ1v) is 6.97. The molecule has 1 atom stereocenters. The van der Waals surface area contributed by atoms with E-state index in [1.165, 1.54) is 0 Å². The lowest BCUT2D eigenvalue weighted by atomic mass is 10.0. The van der Waals surface area contributed by atoms with Crippen molar-refractivity contribution in [3.63, 3.8) is 0 Å². The molecule has 1 N–H and O–H groups in total. The Labute approximate surface area is 138 Å². The number of alkyl carbamates (subject to hydrolysis) is 1. The largest absolute Gasteiger partial charge is 0.465 e. The number of esters is 1. The fourth-order valence-electron chi connectivity index (χ4n) is 1.88. The number of halogens is 6. The van der Waals surface area contributed by atoms with Crippen LogP contribution in [0.25, 0.3) is 0 Å². The molecular formula is C13H17F6NO5. The summed E-state index contributed by atoms with van der Waals surface area (Å²) in [6, 6.07) is 0. The number of alkyl halides is 6. The van der Waals surface area contributed by atoms with Crippen LogP contribution in [0, 0.1) is 0 Å². The number of carbonyl (C=O) groups excluding carboxylic acids is 2. The van der Waals surface area contributed by atoms with E-state index in [0.717, 1.165) is 0 Å². The minimum absolute atomic E-state index is 0.480. The molecule has 146 valence electrons. The van der Waals surface area contributed by atoms with Crippen molar-refractivity contribution in [2.24, 2.45) is 0 Å². The quantitative estimate of drug-likeness (QED) is 0.601. The van der Waals surface area contributed by atoms with Crippen molar-refractivity contribution in [3.8, 4) is 0 Å². The molecule has 0 spiro atoms. The molecule has 12 heteroatoms. The molecule has 0 radical (unpaired) electrons. The first kappa shape index (κ1) is 21.3. The van der Waals surface area contributed by atoms with E-state index in [2.05, 4.69) is 14.8 Å². The Hall–Kier alpha value is -1.72. The fourth-order valence-corrected chi connectivity index (χ4v) is 1.88. The van der Waals surface area contributed by atoms with Crippen molar-refractivity contribution in [1.29, 1.82) is 0 Å². The Bertz CT molecular complexity index is 524. The van der Waals surface area contributed by atoms with Crippen molar-refractivity contribution >= 4 is 12.1 Å². The van der Waals surface area contributed by atoms with Gasteiger partial charge in [-0.15, -0.1) is 0 Å². The van der Waals surface area contributed by atoms with E-state index in [-0.39, 0.29) is 0 Å². The molecule has 0 aromatic heterocycles. The summed E-state index contributed by atoms with van der Waals surface area (Å²) in [6.45, 7) is 4.88. The molecule has 1 aliphatic rings. The number of carbonyl (C=O) groups is 2. The van der Waals surface area contributed by atoms with Gasteiger partial charge in [0.2, 0.25) is 0 Å². The fraction of sp³-hybridized carbons (Fsp3) is 0.846. The van der Waals surface area contributed by atoms with Crippen LogP contribution in [0.3, 0.4) is 0 Å². The minimum Gasteiger partial charge on any atom is -0.444 e. The predicted octanol–water partition coefficient (Wildman–Crippen LogP) is 3.05. The number of hydrogen-bond acceptors (Lipinski definition) is 5. The lowest BCUT2D eigenvalue weighted by Gasteiger charge is -2.31. The Kier molecular flexibility index (Phi) is 5.30. The Morgan fingerprint density at radius 2 is 1.60 bits per heavy atom. The van der Waals surface area contributed by atoms with Crippen molar-refractivity contribution < 1.29 is 50.1 Å². The normalized spacial score (nSPS) is 24.0. The molecule has 1 aliphatic heterocycles. The maximum absolute atomic E-state index is 12.9. The highest BCUT2D eigenvalue weighted by Crippen LogP contribution is 2.53. The summed E-state index contributed by atoms with van der Waals surface area (Å²) in [5.74, 6) is -6.88. The van der Waals surface area contributed by atoms with Crippen molar-refractivity contribution in [2.45, 2.75) is 63.5 Å². The third kappa shape index (κ3) is 4.47. The van der Waals surface area contributed by atoms with E-state index in [0.29, 0.717) is 6.92 Å². The second-order valence-electron chi connectivity index (χ2n) is 6.51. The van der Waals surface area contributed by atoms with E-state index in [9.17, 15) is 35.9 Å². The number of rotatable bonds is 3. The van der Waals surface area contributed by atoms with Gasteiger partial charge in [0, 0.05) is 13.0 Å². The van der Waals surface area contributed by atoms with Crippen LogP contribution in [-0.2, 0) is 19.0 Å². The van der Waals surface area contributed by atoms with Gasteiger partial charge in [-0.3, -0.25) is 0 Å². The molecule has 1 heterocycles. The first-order valence-electron chi connectivity index (χ1n) is 6.97. The molecule has 1 amide bonds. The molecular weight excluding hydrogens is 364 g/mol. The average Bonchev–Trinajstić information content (AvgIpc) is 2.59. The lowest BCUT2D eigenvalue weighted by molar-refractivity contribution is -0.444. The molecule has 0 aliphatic carbocycles. The smallest absolute Gasteiger partial charge is 0.444 e. The van der Waals surface area contributed by atoms with Gasteiger partial charge >= 0.3 is 30.2 Å². The zero-order valence-corrected chi connectivity index (χ0v) is 13.7. The molecule has 25 heavy (non-hydrogen) atoms. The van der Waals surface area contributed by atoms with E-state index >= 15 is 0 Å². The summed E-state index contributed by atoms with van der Waals surface area (Å²) in [4.78, 5) is 23.0. The molecule has 1 saturated heterocycles.